The first-order valence-electron chi connectivity index (χ1n) is 6.95. The van der Waals surface area contributed by atoms with E-state index in [0.29, 0.717) is 43.7 Å². The molecule has 1 aliphatic heterocycles. The van der Waals surface area contributed by atoms with Gasteiger partial charge in [-0.2, -0.15) is 0 Å². The lowest BCUT2D eigenvalue weighted by atomic mass is 10.2. The second-order valence-corrected chi connectivity index (χ2v) is 4.77. The van der Waals surface area contributed by atoms with E-state index in [1.165, 1.54) is 13.4 Å². The predicted octanol–water partition coefficient (Wildman–Crippen LogP) is 0.238. The Balaban J connectivity index is 1.64. The summed E-state index contributed by atoms with van der Waals surface area (Å²) in [6.07, 6.45) is 4.76. The van der Waals surface area contributed by atoms with Crippen LogP contribution in [0.5, 0.6) is 5.88 Å². The van der Waals surface area contributed by atoms with Gasteiger partial charge in [-0.3, -0.25) is 4.79 Å². The number of aromatic nitrogens is 4. The molecule has 1 aliphatic rings. The van der Waals surface area contributed by atoms with E-state index in [-0.39, 0.29) is 5.91 Å². The zero-order chi connectivity index (χ0) is 15.4. The number of nitrogens with zero attached hydrogens (tertiary/aromatic N) is 6. The molecular formula is C14H16N6O2. The first-order chi connectivity index (χ1) is 10.8. The molecular weight excluding hydrogens is 284 g/mol. The minimum absolute atomic E-state index is 0.116. The molecule has 0 aromatic carbocycles. The monoisotopic (exact) mass is 300 g/mol. The Morgan fingerprint density at radius 2 is 1.82 bits per heavy atom. The molecule has 0 saturated carbocycles. The van der Waals surface area contributed by atoms with E-state index in [2.05, 4.69) is 24.8 Å². The maximum Gasteiger partial charge on any atom is 0.272 e. The molecule has 0 bridgehead atoms. The third-order valence-corrected chi connectivity index (χ3v) is 3.47. The highest BCUT2D eigenvalue weighted by Gasteiger charge is 2.24. The van der Waals surface area contributed by atoms with Crippen LogP contribution in [0.3, 0.4) is 0 Å². The molecule has 1 fully saturated rings. The van der Waals surface area contributed by atoms with Gasteiger partial charge in [-0.1, -0.05) is 0 Å². The average molecular weight is 300 g/mol. The first kappa shape index (κ1) is 14.2. The first-order valence-corrected chi connectivity index (χ1v) is 6.95. The quantitative estimate of drug-likeness (QED) is 0.802. The molecule has 0 N–H and O–H groups in total. The minimum atomic E-state index is -0.116. The van der Waals surface area contributed by atoms with E-state index in [1.807, 2.05) is 0 Å². The lowest BCUT2D eigenvalue weighted by Crippen LogP contribution is -2.49. The van der Waals surface area contributed by atoms with E-state index in [0.717, 1.165) is 0 Å². The van der Waals surface area contributed by atoms with Crippen LogP contribution in [0.4, 0.5) is 5.95 Å². The van der Waals surface area contributed by atoms with Crippen LogP contribution in [0.1, 0.15) is 10.5 Å². The fourth-order valence-electron chi connectivity index (χ4n) is 2.29. The summed E-state index contributed by atoms with van der Waals surface area (Å²) in [4.78, 5) is 32.6. The van der Waals surface area contributed by atoms with Crippen molar-refractivity contribution in [2.75, 3.05) is 38.2 Å². The van der Waals surface area contributed by atoms with E-state index in [9.17, 15) is 4.79 Å². The third kappa shape index (κ3) is 2.95. The van der Waals surface area contributed by atoms with Crippen LogP contribution in [0.15, 0.2) is 30.9 Å². The number of carbonyl (C=O) groups excluding carboxylic acids is 1. The van der Waals surface area contributed by atoms with Crippen molar-refractivity contribution in [2.45, 2.75) is 0 Å². The number of carbonyl (C=O) groups is 1. The van der Waals surface area contributed by atoms with E-state index in [1.54, 1.807) is 29.4 Å². The van der Waals surface area contributed by atoms with Crippen molar-refractivity contribution in [1.82, 2.24) is 24.8 Å². The summed E-state index contributed by atoms with van der Waals surface area (Å²) in [5, 5.41) is 0. The van der Waals surface area contributed by atoms with Gasteiger partial charge in [-0.05, 0) is 6.07 Å². The predicted molar refractivity (Wildman–Crippen MR) is 78.7 cm³/mol. The van der Waals surface area contributed by atoms with Gasteiger partial charge in [0.15, 0.2) is 0 Å². The maximum atomic E-state index is 12.4. The summed E-state index contributed by atoms with van der Waals surface area (Å²) in [5.74, 6) is 0.960. The molecule has 0 atom stereocenters. The zero-order valence-electron chi connectivity index (χ0n) is 12.2. The molecule has 114 valence electrons. The third-order valence-electron chi connectivity index (χ3n) is 3.47. The second-order valence-electron chi connectivity index (χ2n) is 4.77. The Labute approximate surface area is 127 Å². The molecule has 8 heteroatoms. The number of methoxy groups -OCH3 is 1. The van der Waals surface area contributed by atoms with Gasteiger partial charge in [0.05, 0.1) is 7.11 Å². The molecule has 22 heavy (non-hydrogen) atoms. The largest absolute Gasteiger partial charge is 0.481 e. The number of piperazine rings is 1. The van der Waals surface area contributed by atoms with Crippen molar-refractivity contribution in [1.29, 1.82) is 0 Å². The van der Waals surface area contributed by atoms with Gasteiger partial charge >= 0.3 is 0 Å². The summed E-state index contributed by atoms with van der Waals surface area (Å²) in [6, 6.07) is 3.33. The van der Waals surface area contributed by atoms with Crippen molar-refractivity contribution in [3.05, 3.63) is 36.5 Å². The molecule has 1 saturated heterocycles. The molecule has 3 heterocycles. The lowest BCUT2D eigenvalue weighted by molar-refractivity contribution is 0.0739. The van der Waals surface area contributed by atoms with Crippen LogP contribution < -0.4 is 9.64 Å². The van der Waals surface area contributed by atoms with E-state index < -0.39 is 0 Å². The average Bonchev–Trinajstić information content (AvgIpc) is 2.62. The highest BCUT2D eigenvalue weighted by Crippen LogP contribution is 2.13. The van der Waals surface area contributed by atoms with Crippen LogP contribution >= 0.6 is 0 Å². The minimum Gasteiger partial charge on any atom is -0.481 e. The normalized spacial score (nSPS) is 14.8. The number of hydrogen-bond donors (Lipinski definition) is 0. The topological polar surface area (TPSA) is 84.3 Å². The summed E-state index contributed by atoms with van der Waals surface area (Å²) in [6.45, 7) is 2.59. The SMILES string of the molecule is COc1cc(C(=O)N2CCN(c3ncccn3)CC2)ncn1. The Kier molecular flexibility index (Phi) is 4.08. The summed E-state index contributed by atoms with van der Waals surface area (Å²) >= 11 is 0. The van der Waals surface area contributed by atoms with Crippen molar-refractivity contribution >= 4 is 11.9 Å². The highest BCUT2D eigenvalue weighted by atomic mass is 16.5. The highest BCUT2D eigenvalue weighted by molar-refractivity contribution is 5.92. The van der Waals surface area contributed by atoms with Gasteiger partial charge in [-0.15, -0.1) is 0 Å². The van der Waals surface area contributed by atoms with Crippen molar-refractivity contribution in [3.63, 3.8) is 0 Å². The zero-order valence-corrected chi connectivity index (χ0v) is 12.2. The molecule has 3 rings (SSSR count). The van der Waals surface area contributed by atoms with Gasteiger partial charge in [0.2, 0.25) is 11.8 Å². The Morgan fingerprint density at radius 1 is 1.09 bits per heavy atom. The molecule has 0 radical (unpaired) electrons. The second kappa shape index (κ2) is 6.33. The summed E-state index contributed by atoms with van der Waals surface area (Å²) in [5.41, 5.74) is 0.344. The van der Waals surface area contributed by atoms with Crippen LogP contribution in [-0.2, 0) is 0 Å². The van der Waals surface area contributed by atoms with Crippen LogP contribution in [0.2, 0.25) is 0 Å². The molecule has 0 spiro atoms. The van der Waals surface area contributed by atoms with Gasteiger partial charge in [0.1, 0.15) is 12.0 Å². The molecule has 1 amide bonds. The molecule has 0 aliphatic carbocycles. The fourth-order valence-corrected chi connectivity index (χ4v) is 2.29. The number of hydrogen-bond acceptors (Lipinski definition) is 7. The van der Waals surface area contributed by atoms with Gasteiger partial charge in [0, 0.05) is 44.6 Å². The van der Waals surface area contributed by atoms with Gasteiger partial charge < -0.3 is 14.5 Å². The number of rotatable bonds is 3. The van der Waals surface area contributed by atoms with E-state index >= 15 is 0 Å². The smallest absolute Gasteiger partial charge is 0.272 e. The van der Waals surface area contributed by atoms with Crippen LogP contribution in [-0.4, -0.2) is 64.0 Å². The van der Waals surface area contributed by atoms with Crippen LogP contribution in [0, 0.1) is 0 Å². The lowest BCUT2D eigenvalue weighted by Gasteiger charge is -2.34. The Morgan fingerprint density at radius 3 is 2.50 bits per heavy atom. The van der Waals surface area contributed by atoms with Crippen molar-refractivity contribution in [3.8, 4) is 5.88 Å². The molecule has 2 aromatic heterocycles. The Hall–Kier alpha value is -2.77. The van der Waals surface area contributed by atoms with Crippen LogP contribution in [0.25, 0.3) is 0 Å². The van der Waals surface area contributed by atoms with Crippen molar-refractivity contribution in [2.24, 2.45) is 0 Å². The summed E-state index contributed by atoms with van der Waals surface area (Å²) in [7, 11) is 1.51. The molecule has 2 aromatic rings. The fraction of sp³-hybridized carbons (Fsp3) is 0.357. The standard InChI is InChI=1S/C14H16N6O2/c1-22-12-9-11(17-10-18-12)13(21)19-5-7-20(8-6-19)14-15-3-2-4-16-14/h2-4,9-10H,5-8H2,1H3. The molecule has 0 unspecified atom stereocenters. The number of amides is 1. The Bertz CT molecular complexity index is 643. The maximum absolute atomic E-state index is 12.4. The number of anilines is 1. The summed E-state index contributed by atoms with van der Waals surface area (Å²) < 4.78 is 5.02. The van der Waals surface area contributed by atoms with Crippen molar-refractivity contribution < 1.29 is 9.53 Å². The van der Waals surface area contributed by atoms with E-state index in [4.69, 9.17) is 4.74 Å². The molecule has 8 nitrogen and oxygen atoms in total. The number of ether oxygens (including phenoxy) is 1. The van der Waals surface area contributed by atoms with Gasteiger partial charge in [-0.25, -0.2) is 19.9 Å². The van der Waals surface area contributed by atoms with Gasteiger partial charge in [0.25, 0.3) is 5.91 Å².